The number of carbonyl (C=O) groups is 2. The minimum Gasteiger partial charge on any atom is -0.478 e. The molecular weight excluding hydrogens is 378 g/mol. The van der Waals surface area contributed by atoms with Gasteiger partial charge in [-0.1, -0.05) is 0 Å². The Labute approximate surface area is 148 Å². The fourth-order valence-corrected chi connectivity index (χ4v) is 1.87. The zero-order valence-electron chi connectivity index (χ0n) is 13.7. The predicted octanol–water partition coefficient (Wildman–Crippen LogP) is 3.85. The molecule has 0 heterocycles. The highest BCUT2D eigenvalue weighted by Crippen LogP contribution is 2.25. The Morgan fingerprint density at radius 1 is 0.889 bits per heavy atom. The zero-order valence-corrected chi connectivity index (χ0v) is 13.7. The Balaban J connectivity index is 0.000000277. The highest BCUT2D eigenvalue weighted by Gasteiger charge is 2.25. The van der Waals surface area contributed by atoms with Crippen molar-refractivity contribution in [3.05, 3.63) is 73.8 Å². The number of carboxylic acid groups (broad SMARTS) is 2. The average molecular weight is 389 g/mol. The molecular formula is C16H11F4NO6. The number of hydrogen-bond donors (Lipinski definition) is 2. The standard InChI is InChI=1S/C8H5F2NO4.C8H6F2O2/c1-3-6(9)4(8(12)13)2-5(7(3)10)11(14)15;1-4-6(9)3-2-5(7(4)10)8(11)12/h2H,1H3,(H,12,13);2-3H,1H3,(H,11,12). The molecule has 144 valence electrons. The van der Waals surface area contributed by atoms with Gasteiger partial charge in [-0.15, -0.1) is 0 Å². The van der Waals surface area contributed by atoms with Crippen LogP contribution in [0.5, 0.6) is 0 Å². The molecule has 7 nitrogen and oxygen atoms in total. The lowest BCUT2D eigenvalue weighted by Crippen LogP contribution is -2.07. The number of rotatable bonds is 3. The van der Waals surface area contributed by atoms with E-state index >= 15 is 0 Å². The molecule has 0 aromatic heterocycles. The van der Waals surface area contributed by atoms with Crippen LogP contribution in [0.2, 0.25) is 0 Å². The van der Waals surface area contributed by atoms with E-state index < -0.39 is 62.5 Å². The summed E-state index contributed by atoms with van der Waals surface area (Å²) in [4.78, 5) is 30.0. The first-order chi connectivity index (χ1) is 12.4. The molecule has 0 radical (unpaired) electrons. The summed E-state index contributed by atoms with van der Waals surface area (Å²) in [6, 6.07) is 2.20. The van der Waals surface area contributed by atoms with Crippen molar-refractivity contribution < 1.29 is 42.3 Å². The largest absolute Gasteiger partial charge is 0.478 e. The van der Waals surface area contributed by atoms with Gasteiger partial charge in [0.15, 0.2) is 0 Å². The van der Waals surface area contributed by atoms with Crippen LogP contribution in [0.1, 0.15) is 31.8 Å². The van der Waals surface area contributed by atoms with Crippen molar-refractivity contribution in [2.75, 3.05) is 0 Å². The normalized spacial score (nSPS) is 10.0. The molecule has 0 saturated carbocycles. The number of carboxylic acids is 2. The Hall–Kier alpha value is -3.50. The van der Waals surface area contributed by atoms with Crippen LogP contribution < -0.4 is 0 Å². The van der Waals surface area contributed by atoms with Crippen LogP contribution in [0.3, 0.4) is 0 Å². The number of benzene rings is 2. The van der Waals surface area contributed by atoms with Gasteiger partial charge in [0.25, 0.3) is 0 Å². The molecule has 2 N–H and O–H groups in total. The molecule has 2 aromatic rings. The number of hydrogen-bond acceptors (Lipinski definition) is 4. The molecule has 2 rings (SSSR count). The minimum absolute atomic E-state index is 0.269. The third-order valence-corrected chi connectivity index (χ3v) is 3.38. The SMILES string of the molecule is Cc1c(F)c(C(=O)O)cc([N+](=O)[O-])c1F.Cc1c(F)ccc(C(=O)O)c1F. The maximum atomic E-state index is 13.1. The summed E-state index contributed by atoms with van der Waals surface area (Å²) in [5, 5.41) is 27.2. The Morgan fingerprint density at radius 3 is 1.81 bits per heavy atom. The van der Waals surface area contributed by atoms with Crippen molar-refractivity contribution in [3.63, 3.8) is 0 Å². The predicted molar refractivity (Wildman–Crippen MR) is 82.8 cm³/mol. The highest BCUT2D eigenvalue weighted by atomic mass is 19.1. The summed E-state index contributed by atoms with van der Waals surface area (Å²) in [5.41, 5.74) is -3.42. The number of nitro groups is 1. The van der Waals surface area contributed by atoms with Crippen LogP contribution in [0.4, 0.5) is 23.2 Å². The molecule has 0 bridgehead atoms. The van der Waals surface area contributed by atoms with Gasteiger partial charge in [-0.3, -0.25) is 10.1 Å². The van der Waals surface area contributed by atoms with Crippen LogP contribution in [-0.2, 0) is 0 Å². The summed E-state index contributed by atoms with van der Waals surface area (Å²) >= 11 is 0. The smallest absolute Gasteiger partial charge is 0.338 e. The van der Waals surface area contributed by atoms with Gasteiger partial charge in [-0.25, -0.2) is 22.8 Å². The molecule has 0 fully saturated rings. The second kappa shape index (κ2) is 8.25. The lowest BCUT2D eigenvalue weighted by atomic mass is 10.1. The van der Waals surface area contributed by atoms with Crippen molar-refractivity contribution in [2.24, 2.45) is 0 Å². The van der Waals surface area contributed by atoms with Gasteiger partial charge >= 0.3 is 17.6 Å². The Kier molecular flexibility index (Phi) is 6.58. The van der Waals surface area contributed by atoms with E-state index in [9.17, 15) is 37.3 Å². The molecule has 0 amide bonds. The molecule has 0 aliphatic heterocycles. The van der Waals surface area contributed by atoms with E-state index in [0.717, 1.165) is 19.1 Å². The summed E-state index contributed by atoms with van der Waals surface area (Å²) in [7, 11) is 0. The Bertz CT molecular complexity index is 907. The van der Waals surface area contributed by atoms with Crippen molar-refractivity contribution in [1.29, 1.82) is 0 Å². The molecule has 2 aromatic carbocycles. The molecule has 0 unspecified atom stereocenters. The van der Waals surface area contributed by atoms with Crippen molar-refractivity contribution in [3.8, 4) is 0 Å². The lowest BCUT2D eigenvalue weighted by molar-refractivity contribution is -0.387. The van der Waals surface area contributed by atoms with E-state index in [-0.39, 0.29) is 5.56 Å². The maximum absolute atomic E-state index is 13.1. The molecule has 0 aliphatic rings. The topological polar surface area (TPSA) is 118 Å². The summed E-state index contributed by atoms with van der Waals surface area (Å²) in [6.07, 6.45) is 0. The van der Waals surface area contributed by atoms with Gasteiger partial charge < -0.3 is 10.2 Å². The highest BCUT2D eigenvalue weighted by molar-refractivity contribution is 5.89. The molecule has 27 heavy (non-hydrogen) atoms. The van der Waals surface area contributed by atoms with Gasteiger partial charge in [0.1, 0.15) is 23.0 Å². The summed E-state index contributed by atoms with van der Waals surface area (Å²) in [6.45, 7) is 2.13. The van der Waals surface area contributed by atoms with Crippen molar-refractivity contribution in [1.82, 2.24) is 0 Å². The van der Waals surface area contributed by atoms with E-state index in [2.05, 4.69) is 0 Å². The second-order valence-corrected chi connectivity index (χ2v) is 5.10. The first-order valence-electron chi connectivity index (χ1n) is 6.94. The van der Waals surface area contributed by atoms with Gasteiger partial charge in [0, 0.05) is 17.2 Å². The summed E-state index contributed by atoms with van der Waals surface area (Å²) < 4.78 is 51.7. The van der Waals surface area contributed by atoms with Gasteiger partial charge in [-0.2, -0.15) is 4.39 Å². The number of halogens is 4. The third kappa shape index (κ3) is 4.57. The van der Waals surface area contributed by atoms with Crippen LogP contribution in [0, 0.1) is 47.2 Å². The number of nitro benzene ring substituents is 1. The van der Waals surface area contributed by atoms with Gasteiger partial charge in [0.2, 0.25) is 5.82 Å². The second-order valence-electron chi connectivity index (χ2n) is 5.10. The van der Waals surface area contributed by atoms with E-state index in [1.807, 2.05) is 0 Å². The maximum Gasteiger partial charge on any atom is 0.338 e. The van der Waals surface area contributed by atoms with E-state index in [4.69, 9.17) is 10.2 Å². The van der Waals surface area contributed by atoms with Crippen LogP contribution in [0.25, 0.3) is 0 Å². The van der Waals surface area contributed by atoms with E-state index in [1.54, 1.807) is 0 Å². The zero-order chi connectivity index (χ0) is 21.0. The molecule has 0 saturated heterocycles. The van der Waals surface area contributed by atoms with Crippen LogP contribution in [-0.4, -0.2) is 27.1 Å². The Morgan fingerprint density at radius 2 is 1.37 bits per heavy atom. The van der Waals surface area contributed by atoms with Crippen LogP contribution >= 0.6 is 0 Å². The van der Waals surface area contributed by atoms with E-state index in [0.29, 0.717) is 6.07 Å². The average Bonchev–Trinajstić information content (AvgIpc) is 2.57. The summed E-state index contributed by atoms with van der Waals surface area (Å²) in [5.74, 6) is -7.48. The van der Waals surface area contributed by atoms with Gasteiger partial charge in [0.05, 0.1) is 10.5 Å². The minimum atomic E-state index is -1.68. The van der Waals surface area contributed by atoms with Crippen molar-refractivity contribution >= 4 is 17.6 Å². The third-order valence-electron chi connectivity index (χ3n) is 3.38. The van der Waals surface area contributed by atoms with Gasteiger partial charge in [-0.05, 0) is 26.0 Å². The monoisotopic (exact) mass is 389 g/mol. The van der Waals surface area contributed by atoms with Crippen LogP contribution in [0.15, 0.2) is 18.2 Å². The fourth-order valence-electron chi connectivity index (χ4n) is 1.87. The fraction of sp³-hybridized carbons (Fsp3) is 0.125. The molecule has 0 aliphatic carbocycles. The number of nitrogens with zero attached hydrogens (tertiary/aromatic N) is 1. The molecule has 0 atom stereocenters. The quantitative estimate of drug-likeness (QED) is 0.468. The van der Waals surface area contributed by atoms with E-state index in [1.165, 1.54) is 6.92 Å². The first kappa shape index (κ1) is 21.5. The lowest BCUT2D eigenvalue weighted by Gasteiger charge is -2.03. The van der Waals surface area contributed by atoms with Crippen molar-refractivity contribution in [2.45, 2.75) is 13.8 Å². The molecule has 11 heteroatoms. The first-order valence-corrected chi connectivity index (χ1v) is 6.94. The number of aromatic carboxylic acids is 2. The molecule has 0 spiro atoms.